The van der Waals surface area contributed by atoms with Gasteiger partial charge in [-0.25, -0.2) is 0 Å². The normalized spacial score (nSPS) is 15.6. The van der Waals surface area contributed by atoms with Crippen LogP contribution >= 0.6 is 23.2 Å². The predicted octanol–water partition coefficient (Wildman–Crippen LogP) is 3.69. The number of amides is 1. The van der Waals surface area contributed by atoms with Gasteiger partial charge >= 0.3 is 0 Å². The van der Waals surface area contributed by atoms with Gasteiger partial charge in [-0.1, -0.05) is 29.3 Å². The van der Waals surface area contributed by atoms with Crippen LogP contribution in [0.15, 0.2) is 41.4 Å². The average molecular weight is 392 g/mol. The van der Waals surface area contributed by atoms with Crippen LogP contribution < -0.4 is 14.8 Å². The number of nitrogens with zero attached hydrogens (tertiary/aromatic N) is 2. The minimum Gasteiger partial charge on any atom is -0.486 e. The van der Waals surface area contributed by atoms with Gasteiger partial charge in [-0.15, -0.1) is 0 Å². The Hall–Kier alpha value is -2.44. The standard InChI is InChI=1S/C18H15Cl2N3O3/c19-12-2-1-3-13(20)16(12)22-18-21-6-7-23(18)17(24)11-4-5-14-15(10-11)26-9-8-25-14/h1-5,10H,6-9H2,(H,21,22). The van der Waals surface area contributed by atoms with E-state index in [2.05, 4.69) is 10.3 Å². The summed E-state index contributed by atoms with van der Waals surface area (Å²) >= 11 is 12.4. The van der Waals surface area contributed by atoms with Gasteiger partial charge in [0.2, 0.25) is 5.96 Å². The maximum Gasteiger partial charge on any atom is 0.260 e. The van der Waals surface area contributed by atoms with Crippen LogP contribution in [0.2, 0.25) is 10.0 Å². The molecule has 1 amide bonds. The number of carbonyl (C=O) groups excluding carboxylic acids is 1. The molecule has 0 saturated carbocycles. The van der Waals surface area contributed by atoms with E-state index in [9.17, 15) is 4.79 Å². The first kappa shape index (κ1) is 17.0. The Bertz CT molecular complexity index is 881. The van der Waals surface area contributed by atoms with E-state index < -0.39 is 0 Å². The zero-order valence-corrected chi connectivity index (χ0v) is 15.2. The summed E-state index contributed by atoms with van der Waals surface area (Å²) < 4.78 is 11.0. The van der Waals surface area contributed by atoms with E-state index in [0.717, 1.165) is 0 Å². The molecule has 1 N–H and O–H groups in total. The van der Waals surface area contributed by atoms with Crippen LogP contribution in [0.5, 0.6) is 11.5 Å². The maximum absolute atomic E-state index is 12.9. The van der Waals surface area contributed by atoms with Crippen LogP contribution in [0.3, 0.4) is 0 Å². The fourth-order valence-electron chi connectivity index (χ4n) is 2.81. The molecule has 0 bridgehead atoms. The van der Waals surface area contributed by atoms with E-state index in [0.29, 0.717) is 65.1 Å². The first-order valence-electron chi connectivity index (χ1n) is 8.10. The van der Waals surface area contributed by atoms with Crippen molar-refractivity contribution in [3.05, 3.63) is 52.0 Å². The minimum atomic E-state index is -0.186. The lowest BCUT2D eigenvalue weighted by Crippen LogP contribution is -2.38. The van der Waals surface area contributed by atoms with Crippen molar-refractivity contribution >= 4 is 40.8 Å². The summed E-state index contributed by atoms with van der Waals surface area (Å²) in [5.41, 5.74) is 1.02. The molecule has 0 radical (unpaired) electrons. The highest BCUT2D eigenvalue weighted by Crippen LogP contribution is 2.32. The van der Waals surface area contributed by atoms with Crippen LogP contribution in [-0.2, 0) is 0 Å². The SMILES string of the molecule is O=C(c1ccc2c(c1)OCCO2)N1CCN=C1Nc1c(Cl)cccc1Cl. The Kier molecular flexibility index (Phi) is 4.61. The molecule has 2 heterocycles. The van der Waals surface area contributed by atoms with Crippen molar-refractivity contribution < 1.29 is 14.3 Å². The number of guanidine groups is 1. The Labute approximate surface area is 160 Å². The predicted molar refractivity (Wildman–Crippen MR) is 101 cm³/mol. The van der Waals surface area contributed by atoms with Gasteiger partial charge in [-0.2, -0.15) is 0 Å². The lowest BCUT2D eigenvalue weighted by atomic mass is 10.1. The molecule has 2 aromatic rings. The summed E-state index contributed by atoms with van der Waals surface area (Å²) in [7, 11) is 0. The van der Waals surface area contributed by atoms with Gasteiger partial charge in [0.15, 0.2) is 11.5 Å². The molecule has 26 heavy (non-hydrogen) atoms. The number of hydrogen-bond acceptors (Lipinski definition) is 5. The van der Waals surface area contributed by atoms with Crippen molar-refractivity contribution in [2.24, 2.45) is 4.99 Å². The molecule has 0 unspecified atom stereocenters. The number of fused-ring (bicyclic) bond motifs is 1. The van der Waals surface area contributed by atoms with Gasteiger partial charge in [0.25, 0.3) is 5.91 Å². The molecule has 0 fully saturated rings. The van der Waals surface area contributed by atoms with Crippen molar-refractivity contribution in [3.8, 4) is 11.5 Å². The van der Waals surface area contributed by atoms with Crippen molar-refractivity contribution in [3.63, 3.8) is 0 Å². The van der Waals surface area contributed by atoms with Gasteiger partial charge in [-0.05, 0) is 30.3 Å². The molecule has 4 rings (SSSR count). The number of hydrogen-bond donors (Lipinski definition) is 1. The number of rotatable bonds is 2. The molecule has 2 aliphatic heterocycles. The van der Waals surface area contributed by atoms with E-state index >= 15 is 0 Å². The smallest absolute Gasteiger partial charge is 0.260 e. The number of benzene rings is 2. The number of anilines is 1. The number of ether oxygens (including phenoxy) is 2. The zero-order chi connectivity index (χ0) is 18.1. The third kappa shape index (κ3) is 3.18. The lowest BCUT2D eigenvalue weighted by molar-refractivity contribution is 0.0856. The molecule has 8 heteroatoms. The first-order chi connectivity index (χ1) is 12.6. The topological polar surface area (TPSA) is 63.2 Å². The van der Waals surface area contributed by atoms with Crippen LogP contribution in [-0.4, -0.2) is 43.1 Å². The van der Waals surface area contributed by atoms with E-state index in [1.54, 1.807) is 41.3 Å². The quantitative estimate of drug-likeness (QED) is 0.847. The molecule has 0 saturated heterocycles. The van der Waals surface area contributed by atoms with E-state index in [-0.39, 0.29) is 5.91 Å². The summed E-state index contributed by atoms with van der Waals surface area (Å²) in [6.07, 6.45) is 0. The molecular formula is C18H15Cl2N3O3. The van der Waals surface area contributed by atoms with Gasteiger partial charge < -0.3 is 14.8 Å². The minimum absolute atomic E-state index is 0.186. The van der Waals surface area contributed by atoms with Crippen molar-refractivity contribution in [2.45, 2.75) is 0 Å². The highest BCUT2D eigenvalue weighted by molar-refractivity contribution is 6.40. The molecule has 0 aliphatic carbocycles. The molecule has 6 nitrogen and oxygen atoms in total. The third-order valence-electron chi connectivity index (χ3n) is 4.07. The van der Waals surface area contributed by atoms with Gasteiger partial charge in [-0.3, -0.25) is 14.7 Å². The Balaban J connectivity index is 1.57. The third-order valence-corrected chi connectivity index (χ3v) is 4.70. The van der Waals surface area contributed by atoms with Crippen LogP contribution in [0.1, 0.15) is 10.4 Å². The molecule has 0 atom stereocenters. The summed E-state index contributed by atoms with van der Waals surface area (Å²) in [5.74, 6) is 1.44. The Morgan fingerprint density at radius 1 is 1.08 bits per heavy atom. The van der Waals surface area contributed by atoms with E-state index in [4.69, 9.17) is 32.7 Å². The lowest BCUT2D eigenvalue weighted by Gasteiger charge is -2.22. The number of nitrogens with one attached hydrogen (secondary N) is 1. The number of halogens is 2. The molecule has 0 spiro atoms. The van der Waals surface area contributed by atoms with Gasteiger partial charge in [0, 0.05) is 12.1 Å². The second kappa shape index (κ2) is 7.05. The molecule has 2 aliphatic rings. The van der Waals surface area contributed by atoms with Crippen molar-refractivity contribution in [2.75, 3.05) is 31.6 Å². The number of para-hydroxylation sites is 1. The summed E-state index contributed by atoms with van der Waals surface area (Å²) in [5, 5.41) is 3.99. The fourth-order valence-corrected chi connectivity index (χ4v) is 3.31. The monoisotopic (exact) mass is 391 g/mol. The first-order valence-corrected chi connectivity index (χ1v) is 8.86. The Morgan fingerprint density at radius 3 is 2.58 bits per heavy atom. The average Bonchev–Trinajstić information content (AvgIpc) is 3.12. The van der Waals surface area contributed by atoms with Crippen LogP contribution in [0.4, 0.5) is 5.69 Å². The maximum atomic E-state index is 12.9. The fraction of sp³-hybridized carbons (Fsp3) is 0.222. The largest absolute Gasteiger partial charge is 0.486 e. The van der Waals surface area contributed by atoms with Crippen LogP contribution in [0, 0.1) is 0 Å². The highest BCUT2D eigenvalue weighted by atomic mass is 35.5. The number of carbonyl (C=O) groups is 1. The van der Waals surface area contributed by atoms with Gasteiger partial charge in [0.1, 0.15) is 13.2 Å². The Morgan fingerprint density at radius 2 is 1.81 bits per heavy atom. The molecule has 134 valence electrons. The summed E-state index contributed by atoms with van der Waals surface area (Å²) in [6, 6.07) is 10.3. The zero-order valence-electron chi connectivity index (χ0n) is 13.7. The summed E-state index contributed by atoms with van der Waals surface area (Å²) in [6.45, 7) is 1.94. The molecule has 2 aromatic carbocycles. The van der Waals surface area contributed by atoms with E-state index in [1.165, 1.54) is 0 Å². The second-order valence-corrected chi connectivity index (χ2v) is 6.56. The second-order valence-electron chi connectivity index (χ2n) is 5.74. The molecular weight excluding hydrogens is 377 g/mol. The summed E-state index contributed by atoms with van der Waals surface area (Å²) in [4.78, 5) is 18.9. The van der Waals surface area contributed by atoms with Crippen molar-refractivity contribution in [1.29, 1.82) is 0 Å². The van der Waals surface area contributed by atoms with E-state index in [1.807, 2.05) is 0 Å². The molecule has 0 aromatic heterocycles. The number of aliphatic imine (C=N–C) groups is 1. The van der Waals surface area contributed by atoms with Crippen LogP contribution in [0.25, 0.3) is 0 Å². The highest BCUT2D eigenvalue weighted by Gasteiger charge is 2.27. The van der Waals surface area contributed by atoms with Gasteiger partial charge in [0.05, 0.1) is 22.3 Å². The van der Waals surface area contributed by atoms with Crippen molar-refractivity contribution in [1.82, 2.24) is 4.90 Å².